The van der Waals surface area contributed by atoms with E-state index in [2.05, 4.69) is 5.32 Å². The molecule has 3 N–H and O–H groups in total. The minimum atomic E-state index is -4.40. The van der Waals surface area contributed by atoms with E-state index in [0.29, 0.717) is 24.9 Å². The average Bonchev–Trinajstić information content (AvgIpc) is 3.09. The highest BCUT2D eigenvalue weighted by Crippen LogP contribution is 2.41. The summed E-state index contributed by atoms with van der Waals surface area (Å²) in [5, 5.41) is 2.92. The molecule has 0 spiro atoms. The Morgan fingerprint density at radius 3 is 2.37 bits per heavy atom. The summed E-state index contributed by atoms with van der Waals surface area (Å²) in [6, 6.07) is 12.3. The molecule has 2 aromatic carbocycles. The molecule has 1 saturated carbocycles. The van der Waals surface area contributed by atoms with E-state index in [1.54, 1.807) is 30.3 Å². The zero-order chi connectivity index (χ0) is 18.7. The van der Waals surface area contributed by atoms with Crippen molar-refractivity contribution >= 4 is 18.3 Å². The van der Waals surface area contributed by atoms with Crippen molar-refractivity contribution in [2.45, 2.75) is 43.9 Å². The lowest BCUT2D eigenvalue weighted by atomic mass is 9.89. The van der Waals surface area contributed by atoms with Gasteiger partial charge < -0.3 is 11.1 Å². The molecule has 146 valence electrons. The molecule has 1 fully saturated rings. The standard InChI is InChI=1S/C20H21F3N2O.ClH/c21-20(22,23)17-6-2-1-4-15(17)16-5-3-7-18(16)25-19(26)14-10-8-13(12-24)9-11-14;/h1-2,4,6,8-11,16,18H,3,5,7,12,24H2,(H,25,26);1H. The molecule has 0 bridgehead atoms. The second-order valence-electron chi connectivity index (χ2n) is 6.60. The number of halogens is 4. The van der Waals surface area contributed by atoms with E-state index >= 15 is 0 Å². The minimum Gasteiger partial charge on any atom is -0.349 e. The number of carbonyl (C=O) groups excluding carboxylic acids is 1. The third-order valence-corrected chi connectivity index (χ3v) is 4.95. The highest BCUT2D eigenvalue weighted by molar-refractivity contribution is 5.94. The van der Waals surface area contributed by atoms with Crippen LogP contribution in [-0.2, 0) is 12.7 Å². The monoisotopic (exact) mass is 398 g/mol. The zero-order valence-electron chi connectivity index (χ0n) is 14.6. The molecule has 3 rings (SSSR count). The van der Waals surface area contributed by atoms with Crippen molar-refractivity contribution in [3.8, 4) is 0 Å². The summed E-state index contributed by atoms with van der Waals surface area (Å²) in [5.41, 5.74) is 6.60. The molecule has 1 aliphatic rings. The average molecular weight is 399 g/mol. The van der Waals surface area contributed by atoms with Gasteiger partial charge in [-0.3, -0.25) is 4.79 Å². The molecule has 0 heterocycles. The van der Waals surface area contributed by atoms with Crippen molar-refractivity contribution in [3.05, 3.63) is 70.8 Å². The van der Waals surface area contributed by atoms with E-state index in [4.69, 9.17) is 5.73 Å². The van der Waals surface area contributed by atoms with Crippen LogP contribution in [0, 0.1) is 0 Å². The lowest BCUT2D eigenvalue weighted by Gasteiger charge is -2.24. The normalized spacial score (nSPS) is 19.4. The molecule has 27 heavy (non-hydrogen) atoms. The fourth-order valence-corrected chi connectivity index (χ4v) is 3.63. The van der Waals surface area contributed by atoms with Crippen LogP contribution in [0.25, 0.3) is 0 Å². The summed E-state index contributed by atoms with van der Waals surface area (Å²) in [5.74, 6) is -0.602. The number of hydrogen-bond acceptors (Lipinski definition) is 2. The number of nitrogens with one attached hydrogen (secondary N) is 1. The predicted octanol–water partition coefficient (Wildman–Crippen LogP) is 4.65. The molecular formula is C20H22ClF3N2O. The predicted molar refractivity (Wildman–Crippen MR) is 101 cm³/mol. The van der Waals surface area contributed by atoms with Crippen LogP contribution in [0.2, 0.25) is 0 Å². The molecule has 2 unspecified atom stereocenters. The topological polar surface area (TPSA) is 55.1 Å². The Kier molecular flexibility index (Phi) is 6.89. The molecule has 7 heteroatoms. The largest absolute Gasteiger partial charge is 0.416 e. The van der Waals surface area contributed by atoms with Gasteiger partial charge in [-0.2, -0.15) is 13.2 Å². The molecule has 2 atom stereocenters. The van der Waals surface area contributed by atoms with Crippen LogP contribution < -0.4 is 11.1 Å². The molecule has 0 aliphatic heterocycles. The van der Waals surface area contributed by atoms with E-state index in [1.807, 2.05) is 0 Å². The van der Waals surface area contributed by atoms with E-state index in [0.717, 1.165) is 18.1 Å². The van der Waals surface area contributed by atoms with E-state index < -0.39 is 11.7 Å². The summed E-state index contributed by atoms with van der Waals surface area (Å²) >= 11 is 0. The van der Waals surface area contributed by atoms with E-state index in [-0.39, 0.29) is 35.8 Å². The zero-order valence-corrected chi connectivity index (χ0v) is 15.4. The number of hydrogen-bond donors (Lipinski definition) is 2. The van der Waals surface area contributed by atoms with Gasteiger partial charge in [0, 0.05) is 24.1 Å². The first-order chi connectivity index (χ1) is 12.4. The Hall–Kier alpha value is -2.05. The van der Waals surface area contributed by atoms with Crippen molar-refractivity contribution < 1.29 is 18.0 Å². The first kappa shape index (κ1) is 21.3. The Morgan fingerprint density at radius 1 is 1.07 bits per heavy atom. The fraction of sp³-hybridized carbons (Fsp3) is 0.350. The number of benzene rings is 2. The molecule has 2 aromatic rings. The second-order valence-corrected chi connectivity index (χ2v) is 6.60. The van der Waals surface area contributed by atoms with Gasteiger partial charge in [-0.15, -0.1) is 12.4 Å². The maximum absolute atomic E-state index is 13.3. The summed E-state index contributed by atoms with van der Waals surface area (Å²) < 4.78 is 40.0. The molecule has 0 radical (unpaired) electrons. The third-order valence-electron chi connectivity index (χ3n) is 4.95. The van der Waals surface area contributed by atoms with Gasteiger partial charge in [0.2, 0.25) is 0 Å². The van der Waals surface area contributed by atoms with Crippen molar-refractivity contribution in [3.63, 3.8) is 0 Å². The molecule has 3 nitrogen and oxygen atoms in total. The number of carbonyl (C=O) groups is 1. The van der Waals surface area contributed by atoms with Crippen LogP contribution >= 0.6 is 12.4 Å². The summed E-state index contributed by atoms with van der Waals surface area (Å²) in [6.07, 6.45) is -2.31. The summed E-state index contributed by atoms with van der Waals surface area (Å²) in [6.45, 7) is 0.390. The van der Waals surface area contributed by atoms with Crippen molar-refractivity contribution in [1.29, 1.82) is 0 Å². The van der Waals surface area contributed by atoms with Crippen LogP contribution in [-0.4, -0.2) is 11.9 Å². The molecule has 1 amide bonds. The maximum Gasteiger partial charge on any atom is 0.416 e. The highest BCUT2D eigenvalue weighted by Gasteiger charge is 2.38. The Labute approximate surface area is 162 Å². The quantitative estimate of drug-likeness (QED) is 0.787. The lowest BCUT2D eigenvalue weighted by Crippen LogP contribution is -2.37. The Balaban J connectivity index is 0.00000261. The Morgan fingerprint density at radius 2 is 1.74 bits per heavy atom. The second kappa shape index (κ2) is 8.76. The first-order valence-electron chi connectivity index (χ1n) is 8.66. The SMILES string of the molecule is Cl.NCc1ccc(C(=O)NC2CCCC2c2ccccc2C(F)(F)F)cc1. The first-order valence-corrected chi connectivity index (χ1v) is 8.66. The van der Waals surface area contributed by atoms with Gasteiger partial charge in [0.15, 0.2) is 0 Å². The van der Waals surface area contributed by atoms with Crippen molar-refractivity contribution in [2.24, 2.45) is 5.73 Å². The van der Waals surface area contributed by atoms with Gasteiger partial charge in [-0.1, -0.05) is 36.8 Å². The van der Waals surface area contributed by atoms with Gasteiger partial charge >= 0.3 is 6.18 Å². The summed E-state index contributed by atoms with van der Waals surface area (Å²) in [4.78, 5) is 12.5. The van der Waals surface area contributed by atoms with Gasteiger partial charge in [0.1, 0.15) is 0 Å². The van der Waals surface area contributed by atoms with Crippen LogP contribution in [0.1, 0.15) is 52.2 Å². The van der Waals surface area contributed by atoms with Crippen LogP contribution in [0.4, 0.5) is 13.2 Å². The lowest BCUT2D eigenvalue weighted by molar-refractivity contribution is -0.138. The van der Waals surface area contributed by atoms with E-state index in [1.165, 1.54) is 12.1 Å². The Bertz CT molecular complexity index is 778. The fourth-order valence-electron chi connectivity index (χ4n) is 3.63. The van der Waals surface area contributed by atoms with Crippen LogP contribution in [0.5, 0.6) is 0 Å². The van der Waals surface area contributed by atoms with Gasteiger partial charge in [0.05, 0.1) is 5.56 Å². The van der Waals surface area contributed by atoms with Gasteiger partial charge in [-0.05, 0) is 42.2 Å². The maximum atomic E-state index is 13.3. The molecule has 0 aromatic heterocycles. The molecule has 1 aliphatic carbocycles. The van der Waals surface area contributed by atoms with Crippen LogP contribution in [0.15, 0.2) is 48.5 Å². The highest BCUT2D eigenvalue weighted by atomic mass is 35.5. The van der Waals surface area contributed by atoms with Gasteiger partial charge in [-0.25, -0.2) is 0 Å². The summed E-state index contributed by atoms with van der Waals surface area (Å²) in [7, 11) is 0. The molecule has 0 saturated heterocycles. The van der Waals surface area contributed by atoms with Crippen molar-refractivity contribution in [1.82, 2.24) is 5.32 Å². The van der Waals surface area contributed by atoms with Crippen LogP contribution in [0.3, 0.4) is 0 Å². The van der Waals surface area contributed by atoms with Crippen molar-refractivity contribution in [2.75, 3.05) is 0 Å². The van der Waals surface area contributed by atoms with Gasteiger partial charge in [0.25, 0.3) is 5.91 Å². The third kappa shape index (κ3) is 4.82. The number of nitrogens with two attached hydrogens (primary N) is 1. The minimum absolute atomic E-state index is 0. The smallest absolute Gasteiger partial charge is 0.349 e. The number of alkyl halides is 3. The number of rotatable bonds is 4. The molecular weight excluding hydrogens is 377 g/mol. The number of amides is 1. The van der Waals surface area contributed by atoms with E-state index in [9.17, 15) is 18.0 Å².